The van der Waals surface area contributed by atoms with Crippen LogP contribution in [-0.4, -0.2) is 51.7 Å². The Morgan fingerprint density at radius 3 is 2.65 bits per heavy atom. The van der Waals surface area contributed by atoms with E-state index in [9.17, 15) is 9.59 Å². The number of carbonyl (C=O) groups is 2. The van der Waals surface area contributed by atoms with Crippen molar-refractivity contribution >= 4 is 57.8 Å². The molecular formula is C26H27ClN2O3S2. The van der Waals surface area contributed by atoms with Gasteiger partial charge in [0.25, 0.3) is 5.91 Å². The molecule has 0 aromatic heterocycles. The summed E-state index contributed by atoms with van der Waals surface area (Å²) in [6.45, 7) is 4.03. The summed E-state index contributed by atoms with van der Waals surface area (Å²) in [5.41, 5.74) is 3.12. The smallest absolute Gasteiger partial charge is 0.266 e. The molecule has 4 rings (SSSR count). The molecule has 2 aromatic rings. The van der Waals surface area contributed by atoms with E-state index in [-0.39, 0.29) is 30.9 Å². The van der Waals surface area contributed by atoms with E-state index in [0.717, 1.165) is 36.1 Å². The second kappa shape index (κ2) is 11.5. The number of nitrogens with zero attached hydrogens (tertiary/aromatic N) is 2. The van der Waals surface area contributed by atoms with Crippen LogP contribution in [0.4, 0.5) is 0 Å². The molecular weight excluding hydrogens is 488 g/mol. The van der Waals surface area contributed by atoms with Gasteiger partial charge in [0.15, 0.2) is 0 Å². The van der Waals surface area contributed by atoms with Gasteiger partial charge in [-0.05, 0) is 49.1 Å². The number of halogens is 1. The van der Waals surface area contributed by atoms with Crippen molar-refractivity contribution in [2.24, 2.45) is 0 Å². The monoisotopic (exact) mass is 514 g/mol. The van der Waals surface area contributed by atoms with E-state index in [1.807, 2.05) is 66.4 Å². The maximum atomic E-state index is 13.2. The lowest BCUT2D eigenvalue weighted by atomic mass is 10.1. The van der Waals surface area contributed by atoms with Crippen LogP contribution in [0.15, 0.2) is 53.4 Å². The second-order valence-corrected chi connectivity index (χ2v) is 10.6. The van der Waals surface area contributed by atoms with Crippen LogP contribution in [0.3, 0.4) is 0 Å². The van der Waals surface area contributed by atoms with Crippen LogP contribution in [0.2, 0.25) is 5.02 Å². The van der Waals surface area contributed by atoms with Gasteiger partial charge < -0.3 is 9.64 Å². The Balaban J connectivity index is 1.40. The average molecular weight is 515 g/mol. The van der Waals surface area contributed by atoms with Gasteiger partial charge in [0.05, 0.1) is 11.0 Å². The van der Waals surface area contributed by atoms with Gasteiger partial charge in [0.2, 0.25) is 5.91 Å². The van der Waals surface area contributed by atoms with E-state index in [2.05, 4.69) is 0 Å². The first-order chi connectivity index (χ1) is 16.4. The number of thioether (sulfide) groups is 1. The summed E-state index contributed by atoms with van der Waals surface area (Å²) < 4.78 is 6.26. The van der Waals surface area contributed by atoms with Crippen molar-refractivity contribution in [3.05, 3.63) is 75.1 Å². The van der Waals surface area contributed by atoms with Crippen molar-refractivity contribution in [2.75, 3.05) is 19.7 Å². The van der Waals surface area contributed by atoms with E-state index in [1.165, 1.54) is 16.7 Å². The third-order valence-corrected chi connectivity index (χ3v) is 7.52. The topological polar surface area (TPSA) is 49.9 Å². The number of carbonyl (C=O) groups excluding carboxylic acids is 2. The Labute approximate surface area is 215 Å². The summed E-state index contributed by atoms with van der Waals surface area (Å²) in [6, 6.07) is 15.5. The van der Waals surface area contributed by atoms with Crippen LogP contribution < -0.4 is 0 Å². The number of ether oxygens (including phenoxy) is 1. The zero-order chi connectivity index (χ0) is 24.1. The van der Waals surface area contributed by atoms with E-state index >= 15 is 0 Å². The Morgan fingerprint density at radius 1 is 1.24 bits per heavy atom. The molecule has 34 heavy (non-hydrogen) atoms. The first-order valence-corrected chi connectivity index (χ1v) is 12.9. The molecule has 5 nitrogen and oxygen atoms in total. The van der Waals surface area contributed by atoms with E-state index < -0.39 is 0 Å². The highest BCUT2D eigenvalue weighted by Gasteiger charge is 2.33. The van der Waals surface area contributed by atoms with Gasteiger partial charge in [-0.25, -0.2) is 0 Å². The summed E-state index contributed by atoms with van der Waals surface area (Å²) >= 11 is 12.7. The molecule has 2 aliphatic rings. The van der Waals surface area contributed by atoms with Crippen molar-refractivity contribution in [1.82, 2.24) is 9.80 Å². The minimum Gasteiger partial charge on any atom is -0.376 e. The van der Waals surface area contributed by atoms with Crippen LogP contribution in [0, 0.1) is 6.92 Å². The maximum Gasteiger partial charge on any atom is 0.266 e. The minimum absolute atomic E-state index is 0.0259. The predicted molar refractivity (Wildman–Crippen MR) is 142 cm³/mol. The van der Waals surface area contributed by atoms with Crippen molar-refractivity contribution < 1.29 is 14.3 Å². The minimum atomic E-state index is -0.147. The quantitative estimate of drug-likeness (QED) is 0.346. The second-order valence-electron chi connectivity index (χ2n) is 8.53. The van der Waals surface area contributed by atoms with Crippen LogP contribution in [0.1, 0.15) is 36.0 Å². The first-order valence-electron chi connectivity index (χ1n) is 11.3. The third-order valence-electron chi connectivity index (χ3n) is 5.89. The first kappa shape index (κ1) is 24.9. The Morgan fingerprint density at radius 2 is 1.97 bits per heavy atom. The Bertz CT molecular complexity index is 1080. The highest BCUT2D eigenvalue weighted by Crippen LogP contribution is 2.32. The van der Waals surface area contributed by atoms with E-state index in [1.54, 1.807) is 0 Å². The largest absolute Gasteiger partial charge is 0.376 e. The molecule has 0 spiro atoms. The van der Waals surface area contributed by atoms with Gasteiger partial charge in [-0.3, -0.25) is 14.5 Å². The van der Waals surface area contributed by atoms with Crippen LogP contribution >= 0.6 is 35.6 Å². The lowest BCUT2D eigenvalue weighted by Gasteiger charge is -2.26. The van der Waals surface area contributed by atoms with Crippen LogP contribution in [-0.2, 0) is 20.9 Å². The number of aryl methyl sites for hydroxylation is 1. The summed E-state index contributed by atoms with van der Waals surface area (Å²) in [7, 11) is 0. The molecule has 8 heteroatoms. The van der Waals surface area contributed by atoms with Crippen molar-refractivity contribution in [3.8, 4) is 0 Å². The van der Waals surface area contributed by atoms with Gasteiger partial charge in [-0.15, -0.1) is 0 Å². The molecule has 2 aromatic carbocycles. The Kier molecular flexibility index (Phi) is 8.42. The molecule has 1 unspecified atom stereocenters. The lowest BCUT2D eigenvalue weighted by molar-refractivity contribution is -0.134. The highest BCUT2D eigenvalue weighted by atomic mass is 35.5. The van der Waals surface area contributed by atoms with Gasteiger partial charge in [-0.1, -0.05) is 77.5 Å². The standard InChI is InChI=1S/C26H27ClN2O3S2/c1-18-4-6-19(7-5-18)15-23-25(31)29(26(33)34-23)13-12-24(30)28(17-22-3-2-14-32-22)16-20-8-10-21(27)11-9-20/h4-11,15,22H,2-3,12-14,16-17H2,1H3/b23-15-. The zero-order valence-electron chi connectivity index (χ0n) is 19.0. The summed E-state index contributed by atoms with van der Waals surface area (Å²) in [5, 5.41) is 0.661. The molecule has 2 amide bonds. The predicted octanol–water partition coefficient (Wildman–Crippen LogP) is 5.45. The van der Waals surface area contributed by atoms with Gasteiger partial charge in [-0.2, -0.15) is 0 Å². The number of hydrogen-bond donors (Lipinski definition) is 0. The molecule has 0 saturated carbocycles. The van der Waals surface area contributed by atoms with E-state index in [0.29, 0.717) is 27.3 Å². The van der Waals surface area contributed by atoms with Gasteiger partial charge in [0, 0.05) is 37.7 Å². The average Bonchev–Trinajstić information content (AvgIpc) is 3.42. The van der Waals surface area contributed by atoms with Crippen LogP contribution in [0.5, 0.6) is 0 Å². The fourth-order valence-corrected chi connectivity index (χ4v) is 5.41. The highest BCUT2D eigenvalue weighted by molar-refractivity contribution is 8.26. The number of rotatable bonds is 8. The third kappa shape index (κ3) is 6.48. The molecule has 0 aliphatic carbocycles. The maximum absolute atomic E-state index is 13.2. The summed E-state index contributed by atoms with van der Waals surface area (Å²) in [5.74, 6) is -0.172. The summed E-state index contributed by atoms with van der Waals surface area (Å²) in [4.78, 5) is 30.1. The number of amides is 2. The molecule has 0 radical (unpaired) electrons. The molecule has 2 saturated heterocycles. The Hall–Kier alpha value is -2.19. The number of hydrogen-bond acceptors (Lipinski definition) is 5. The molecule has 0 bridgehead atoms. The normalized spacial score (nSPS) is 19.3. The van der Waals surface area contributed by atoms with Gasteiger partial charge >= 0.3 is 0 Å². The van der Waals surface area contributed by atoms with E-state index in [4.69, 9.17) is 28.6 Å². The van der Waals surface area contributed by atoms with Crippen molar-refractivity contribution in [2.45, 2.75) is 38.8 Å². The molecule has 2 heterocycles. The zero-order valence-corrected chi connectivity index (χ0v) is 21.4. The van der Waals surface area contributed by atoms with Crippen LogP contribution in [0.25, 0.3) is 6.08 Å². The summed E-state index contributed by atoms with van der Waals surface area (Å²) in [6.07, 6.45) is 4.06. The van der Waals surface area contributed by atoms with Crippen molar-refractivity contribution in [1.29, 1.82) is 0 Å². The SMILES string of the molecule is Cc1ccc(/C=C2\SC(=S)N(CCC(=O)N(Cc3ccc(Cl)cc3)CC3CCCO3)C2=O)cc1. The molecule has 178 valence electrons. The lowest BCUT2D eigenvalue weighted by Crippen LogP contribution is -2.39. The molecule has 1 atom stereocenters. The fraction of sp³-hybridized carbons (Fsp3) is 0.346. The van der Waals surface area contributed by atoms with Gasteiger partial charge in [0.1, 0.15) is 4.32 Å². The van der Waals surface area contributed by atoms with Crippen molar-refractivity contribution in [3.63, 3.8) is 0 Å². The number of thiocarbonyl (C=S) groups is 1. The number of benzene rings is 2. The molecule has 2 fully saturated rings. The molecule has 2 aliphatic heterocycles. The fourth-order valence-electron chi connectivity index (χ4n) is 3.97. The molecule has 0 N–H and O–H groups in total.